The molecule has 0 saturated heterocycles. The molecule has 0 bridgehead atoms. The van der Waals surface area contributed by atoms with E-state index in [0.717, 1.165) is 11.6 Å². The summed E-state index contributed by atoms with van der Waals surface area (Å²) in [5, 5.41) is 47.5. The van der Waals surface area contributed by atoms with Crippen molar-refractivity contribution in [2.24, 2.45) is 0 Å². The number of phenols is 5. The van der Waals surface area contributed by atoms with E-state index in [1.807, 2.05) is 0 Å². The zero-order valence-electron chi connectivity index (χ0n) is 15.6. The van der Waals surface area contributed by atoms with E-state index in [4.69, 9.17) is 4.74 Å². The van der Waals surface area contributed by atoms with E-state index in [1.165, 1.54) is 30.3 Å². The summed E-state index contributed by atoms with van der Waals surface area (Å²) in [4.78, 5) is 12.0. The number of ether oxygens (including phenoxy) is 1. The summed E-state index contributed by atoms with van der Waals surface area (Å²) in [5.74, 6) is -2.27. The van der Waals surface area contributed by atoms with Crippen molar-refractivity contribution >= 4 is 24.2 Å². The summed E-state index contributed by atoms with van der Waals surface area (Å²) in [6.45, 7) is 0. The topological polar surface area (TPSA) is 127 Å². The van der Waals surface area contributed by atoms with Crippen LogP contribution in [0.25, 0.3) is 18.2 Å². The van der Waals surface area contributed by atoms with Crippen LogP contribution in [0.5, 0.6) is 34.5 Å². The standard InChI is InChI=1S/C23H18O7/c24-17-6-3-14(4-7-17)1-2-15-9-18(25)13-19(10-15)30-22(28)8-5-16-11-20(26)23(29)21(27)12-16/h1-13,24-27,29H. The zero-order chi connectivity index (χ0) is 21.7. The first-order chi connectivity index (χ1) is 14.3. The van der Waals surface area contributed by atoms with E-state index in [1.54, 1.807) is 42.5 Å². The van der Waals surface area contributed by atoms with Gasteiger partial charge in [-0.1, -0.05) is 24.3 Å². The van der Waals surface area contributed by atoms with E-state index in [0.29, 0.717) is 5.56 Å². The highest BCUT2D eigenvalue weighted by atomic mass is 16.5. The van der Waals surface area contributed by atoms with Gasteiger partial charge in [-0.25, -0.2) is 4.79 Å². The molecule has 0 unspecified atom stereocenters. The molecule has 0 aliphatic rings. The van der Waals surface area contributed by atoms with E-state index in [9.17, 15) is 30.3 Å². The molecule has 30 heavy (non-hydrogen) atoms. The van der Waals surface area contributed by atoms with Gasteiger partial charge in [0, 0.05) is 12.1 Å². The minimum absolute atomic E-state index is 0.0944. The summed E-state index contributed by atoms with van der Waals surface area (Å²) < 4.78 is 5.18. The largest absolute Gasteiger partial charge is 0.508 e. The highest BCUT2D eigenvalue weighted by Gasteiger charge is 2.08. The second-order valence-corrected chi connectivity index (χ2v) is 6.35. The van der Waals surface area contributed by atoms with E-state index in [2.05, 4.69) is 0 Å². The number of carbonyl (C=O) groups is 1. The lowest BCUT2D eigenvalue weighted by molar-refractivity contribution is -0.128. The van der Waals surface area contributed by atoms with Gasteiger partial charge in [-0.15, -0.1) is 0 Å². The van der Waals surface area contributed by atoms with Crippen LogP contribution in [0.4, 0.5) is 0 Å². The first kappa shape index (κ1) is 20.3. The number of phenolic OH excluding ortho intramolecular Hbond substituents is 5. The van der Waals surface area contributed by atoms with Gasteiger partial charge in [0.1, 0.15) is 17.2 Å². The van der Waals surface area contributed by atoms with Crippen LogP contribution >= 0.6 is 0 Å². The van der Waals surface area contributed by atoms with Gasteiger partial charge < -0.3 is 30.3 Å². The highest BCUT2D eigenvalue weighted by molar-refractivity contribution is 5.89. The van der Waals surface area contributed by atoms with E-state index >= 15 is 0 Å². The van der Waals surface area contributed by atoms with Gasteiger partial charge in [-0.2, -0.15) is 0 Å². The Kier molecular flexibility index (Phi) is 5.93. The molecule has 0 heterocycles. The molecule has 0 spiro atoms. The summed E-state index contributed by atoms with van der Waals surface area (Å²) in [7, 11) is 0. The number of hydrogen-bond acceptors (Lipinski definition) is 7. The summed E-state index contributed by atoms with van der Waals surface area (Å²) in [5.41, 5.74) is 1.69. The molecule has 0 saturated carbocycles. The Balaban J connectivity index is 1.71. The molecule has 152 valence electrons. The molecule has 3 rings (SSSR count). The third-order valence-electron chi connectivity index (χ3n) is 4.00. The SMILES string of the molecule is O=C(C=Cc1cc(O)c(O)c(O)c1)Oc1cc(O)cc(C=Cc2ccc(O)cc2)c1. The molecule has 0 radical (unpaired) electrons. The van der Waals surface area contributed by atoms with Gasteiger partial charge in [-0.3, -0.25) is 0 Å². The van der Waals surface area contributed by atoms with Gasteiger partial charge >= 0.3 is 5.97 Å². The van der Waals surface area contributed by atoms with Crippen molar-refractivity contribution < 1.29 is 35.1 Å². The first-order valence-electron chi connectivity index (χ1n) is 8.76. The van der Waals surface area contributed by atoms with Crippen LogP contribution in [-0.4, -0.2) is 31.5 Å². The van der Waals surface area contributed by atoms with E-state index in [-0.39, 0.29) is 22.8 Å². The van der Waals surface area contributed by atoms with Gasteiger partial charge in [-0.05, 0) is 59.2 Å². The number of aromatic hydroxyl groups is 5. The molecule has 0 fully saturated rings. The van der Waals surface area contributed by atoms with Crippen molar-refractivity contribution in [3.63, 3.8) is 0 Å². The lowest BCUT2D eigenvalue weighted by Gasteiger charge is -2.05. The minimum atomic E-state index is -0.749. The number of benzene rings is 3. The van der Waals surface area contributed by atoms with Gasteiger partial charge in [0.2, 0.25) is 0 Å². The maximum Gasteiger partial charge on any atom is 0.336 e. The molecular formula is C23H18O7. The molecular weight excluding hydrogens is 388 g/mol. The second kappa shape index (κ2) is 8.74. The average molecular weight is 406 g/mol. The predicted octanol–water partition coefficient (Wildman–Crippen LogP) is 4.00. The normalized spacial score (nSPS) is 11.2. The monoisotopic (exact) mass is 406 g/mol. The van der Waals surface area contributed by atoms with Crippen LogP contribution in [0.1, 0.15) is 16.7 Å². The van der Waals surface area contributed by atoms with Crippen LogP contribution < -0.4 is 4.74 Å². The van der Waals surface area contributed by atoms with Gasteiger partial charge in [0.15, 0.2) is 17.2 Å². The number of hydrogen-bond donors (Lipinski definition) is 5. The average Bonchev–Trinajstić information content (AvgIpc) is 2.69. The molecule has 0 aliphatic carbocycles. The van der Waals surface area contributed by atoms with E-state index < -0.39 is 23.2 Å². The Morgan fingerprint density at radius 1 is 0.667 bits per heavy atom. The Morgan fingerprint density at radius 3 is 1.93 bits per heavy atom. The maximum atomic E-state index is 12.0. The molecule has 7 nitrogen and oxygen atoms in total. The second-order valence-electron chi connectivity index (χ2n) is 6.35. The molecule has 0 atom stereocenters. The van der Waals surface area contributed by atoms with Crippen molar-refractivity contribution in [3.8, 4) is 34.5 Å². The minimum Gasteiger partial charge on any atom is -0.508 e. The molecule has 0 aliphatic heterocycles. The zero-order valence-corrected chi connectivity index (χ0v) is 15.6. The number of esters is 1. The number of rotatable bonds is 5. The maximum absolute atomic E-state index is 12.0. The third kappa shape index (κ3) is 5.32. The first-order valence-corrected chi connectivity index (χ1v) is 8.76. The van der Waals surface area contributed by atoms with Crippen LogP contribution in [0.3, 0.4) is 0 Å². The number of carbonyl (C=O) groups excluding carboxylic acids is 1. The van der Waals surface area contributed by atoms with Crippen molar-refractivity contribution in [1.29, 1.82) is 0 Å². The van der Waals surface area contributed by atoms with Gasteiger partial charge in [0.25, 0.3) is 0 Å². The van der Waals surface area contributed by atoms with Crippen LogP contribution in [0, 0.1) is 0 Å². The summed E-state index contributed by atoms with van der Waals surface area (Å²) in [6, 6.07) is 13.2. The molecule has 3 aromatic rings. The molecule has 5 N–H and O–H groups in total. The molecule has 0 aromatic heterocycles. The van der Waals surface area contributed by atoms with Crippen LogP contribution in [0.2, 0.25) is 0 Å². The van der Waals surface area contributed by atoms with Crippen molar-refractivity contribution in [2.75, 3.05) is 0 Å². The Morgan fingerprint density at radius 2 is 1.27 bits per heavy atom. The fourth-order valence-electron chi connectivity index (χ4n) is 2.57. The Bertz CT molecular complexity index is 1110. The Hall–Kier alpha value is -4.39. The van der Waals surface area contributed by atoms with Crippen molar-refractivity contribution in [3.05, 3.63) is 77.4 Å². The fraction of sp³-hybridized carbons (Fsp3) is 0. The quantitative estimate of drug-likeness (QED) is 0.142. The Labute approximate surface area is 171 Å². The summed E-state index contributed by atoms with van der Waals surface area (Å²) >= 11 is 0. The van der Waals surface area contributed by atoms with Crippen LogP contribution in [-0.2, 0) is 4.79 Å². The van der Waals surface area contributed by atoms with Gasteiger partial charge in [0.05, 0.1) is 0 Å². The fourth-order valence-corrected chi connectivity index (χ4v) is 2.57. The predicted molar refractivity (Wildman–Crippen MR) is 111 cm³/mol. The molecule has 0 amide bonds. The summed E-state index contributed by atoms with van der Waals surface area (Å²) in [6.07, 6.45) is 5.83. The van der Waals surface area contributed by atoms with Crippen LogP contribution in [0.15, 0.2) is 60.7 Å². The molecule has 3 aromatic carbocycles. The van der Waals surface area contributed by atoms with Crippen molar-refractivity contribution in [1.82, 2.24) is 0 Å². The highest BCUT2D eigenvalue weighted by Crippen LogP contribution is 2.35. The van der Waals surface area contributed by atoms with Crippen molar-refractivity contribution in [2.45, 2.75) is 0 Å². The lowest BCUT2D eigenvalue weighted by Crippen LogP contribution is -2.03. The molecule has 7 heteroatoms. The smallest absolute Gasteiger partial charge is 0.336 e. The third-order valence-corrected chi connectivity index (χ3v) is 4.00. The lowest BCUT2D eigenvalue weighted by atomic mass is 10.1.